The van der Waals surface area contributed by atoms with Crippen LogP contribution in [0.25, 0.3) is 0 Å². The lowest BCUT2D eigenvalue weighted by atomic mass is 10.0. The van der Waals surface area contributed by atoms with Crippen LogP contribution in [0.5, 0.6) is 0 Å². The fourth-order valence-corrected chi connectivity index (χ4v) is 2.61. The van der Waals surface area contributed by atoms with Gasteiger partial charge in [0.2, 0.25) is 0 Å². The van der Waals surface area contributed by atoms with Gasteiger partial charge in [-0.15, -0.1) is 0 Å². The van der Waals surface area contributed by atoms with E-state index in [-0.39, 0.29) is 5.92 Å². The molecule has 0 aliphatic carbocycles. The molecule has 25 heavy (non-hydrogen) atoms. The Morgan fingerprint density at radius 2 is 1.44 bits per heavy atom. The van der Waals surface area contributed by atoms with Gasteiger partial charge in [-0.1, -0.05) is 67.6 Å². The predicted molar refractivity (Wildman–Crippen MR) is 100 cm³/mol. The lowest BCUT2D eigenvalue weighted by molar-refractivity contribution is -0.139. The molecular formula is C21H26N2O2. The minimum atomic E-state index is -0.564. The van der Waals surface area contributed by atoms with Crippen LogP contribution in [0.4, 0.5) is 0 Å². The van der Waals surface area contributed by atoms with Crippen molar-refractivity contribution in [3.63, 3.8) is 0 Å². The van der Waals surface area contributed by atoms with Crippen molar-refractivity contribution < 1.29 is 9.59 Å². The van der Waals surface area contributed by atoms with Crippen molar-refractivity contribution in [2.75, 3.05) is 13.1 Å². The lowest BCUT2D eigenvalue weighted by Gasteiger charge is -2.13. The van der Waals surface area contributed by atoms with E-state index in [4.69, 9.17) is 0 Å². The molecule has 4 heteroatoms. The van der Waals surface area contributed by atoms with Gasteiger partial charge in [0.25, 0.3) is 0 Å². The van der Waals surface area contributed by atoms with Crippen molar-refractivity contribution in [3.05, 3.63) is 71.8 Å². The van der Waals surface area contributed by atoms with Gasteiger partial charge in [0.15, 0.2) is 0 Å². The maximum absolute atomic E-state index is 11.8. The molecular weight excluding hydrogens is 312 g/mol. The van der Waals surface area contributed by atoms with E-state index in [2.05, 4.69) is 22.8 Å². The van der Waals surface area contributed by atoms with Crippen LogP contribution in [0.3, 0.4) is 0 Å². The second-order valence-corrected chi connectivity index (χ2v) is 6.22. The minimum Gasteiger partial charge on any atom is -0.348 e. The highest BCUT2D eigenvalue weighted by Gasteiger charge is 2.14. The summed E-state index contributed by atoms with van der Waals surface area (Å²) in [7, 11) is 0. The monoisotopic (exact) mass is 338 g/mol. The van der Waals surface area contributed by atoms with Crippen LogP contribution in [0.2, 0.25) is 0 Å². The van der Waals surface area contributed by atoms with Gasteiger partial charge in [-0.2, -0.15) is 0 Å². The van der Waals surface area contributed by atoms with Crippen LogP contribution in [0, 0.1) is 0 Å². The molecule has 0 heterocycles. The zero-order valence-electron chi connectivity index (χ0n) is 14.7. The van der Waals surface area contributed by atoms with E-state index in [9.17, 15) is 9.59 Å². The number of carbonyl (C=O) groups is 2. The molecule has 132 valence electrons. The van der Waals surface area contributed by atoms with E-state index in [1.54, 1.807) is 0 Å². The number of amides is 2. The number of carbonyl (C=O) groups excluding carboxylic acids is 2. The Morgan fingerprint density at radius 3 is 2.12 bits per heavy atom. The van der Waals surface area contributed by atoms with Crippen molar-refractivity contribution >= 4 is 11.8 Å². The van der Waals surface area contributed by atoms with Crippen molar-refractivity contribution in [2.24, 2.45) is 0 Å². The van der Waals surface area contributed by atoms with E-state index in [1.165, 1.54) is 5.56 Å². The molecule has 2 amide bonds. The second kappa shape index (κ2) is 10.3. The van der Waals surface area contributed by atoms with Crippen LogP contribution in [0.15, 0.2) is 60.7 Å². The average Bonchev–Trinajstić information content (AvgIpc) is 2.66. The van der Waals surface area contributed by atoms with Gasteiger partial charge in [0.1, 0.15) is 0 Å². The molecule has 0 fully saturated rings. The fourth-order valence-electron chi connectivity index (χ4n) is 2.61. The molecule has 4 nitrogen and oxygen atoms in total. The first-order valence-corrected chi connectivity index (χ1v) is 8.81. The average molecular weight is 338 g/mol. The summed E-state index contributed by atoms with van der Waals surface area (Å²) in [6, 6.07) is 20.2. The van der Waals surface area contributed by atoms with Gasteiger partial charge in [-0.25, -0.2) is 0 Å². The first kappa shape index (κ1) is 18.7. The van der Waals surface area contributed by atoms with E-state index in [1.807, 2.05) is 55.5 Å². The maximum Gasteiger partial charge on any atom is 0.309 e. The maximum atomic E-state index is 11.8. The number of aryl methyl sites for hydroxylation is 1. The molecule has 0 aliphatic heterocycles. The van der Waals surface area contributed by atoms with E-state index in [0.29, 0.717) is 13.1 Å². The second-order valence-electron chi connectivity index (χ2n) is 6.22. The molecule has 0 aliphatic rings. The Morgan fingerprint density at radius 1 is 0.840 bits per heavy atom. The number of hydrogen-bond acceptors (Lipinski definition) is 2. The van der Waals surface area contributed by atoms with Crippen molar-refractivity contribution in [1.29, 1.82) is 0 Å². The summed E-state index contributed by atoms with van der Waals surface area (Å²) in [5.74, 6) is -0.949. The highest BCUT2D eigenvalue weighted by molar-refractivity contribution is 6.35. The summed E-state index contributed by atoms with van der Waals surface area (Å²) < 4.78 is 0. The third-order valence-corrected chi connectivity index (χ3v) is 4.16. The largest absolute Gasteiger partial charge is 0.348 e. The normalized spacial score (nSPS) is 11.6. The number of unbranched alkanes of at least 4 members (excludes halogenated alkanes) is 1. The van der Waals surface area contributed by atoms with Gasteiger partial charge in [-0.05, 0) is 36.3 Å². The van der Waals surface area contributed by atoms with Gasteiger partial charge in [-0.3, -0.25) is 9.59 Å². The zero-order valence-corrected chi connectivity index (χ0v) is 14.7. The number of nitrogens with one attached hydrogen (secondary N) is 2. The lowest BCUT2D eigenvalue weighted by Crippen LogP contribution is -2.41. The summed E-state index contributed by atoms with van der Waals surface area (Å²) in [5, 5.41) is 5.38. The van der Waals surface area contributed by atoms with Gasteiger partial charge in [0.05, 0.1) is 0 Å². The van der Waals surface area contributed by atoms with Gasteiger partial charge in [0, 0.05) is 13.1 Å². The van der Waals surface area contributed by atoms with E-state index in [0.717, 1.165) is 24.8 Å². The molecule has 2 N–H and O–H groups in total. The molecule has 0 spiro atoms. The third-order valence-electron chi connectivity index (χ3n) is 4.16. The van der Waals surface area contributed by atoms with Crippen LogP contribution < -0.4 is 10.6 Å². The zero-order chi connectivity index (χ0) is 17.9. The SMILES string of the molecule is C[C@@H](CNC(=O)C(=O)NCCCCc1ccccc1)c1ccccc1. The first-order valence-electron chi connectivity index (χ1n) is 8.81. The molecule has 1 atom stereocenters. The van der Waals surface area contributed by atoms with Crippen molar-refractivity contribution in [2.45, 2.75) is 32.1 Å². The third kappa shape index (κ3) is 6.79. The summed E-state index contributed by atoms with van der Waals surface area (Å²) in [6.45, 7) is 2.99. The predicted octanol–water partition coefficient (Wildman–Crippen LogP) is 3.05. The Balaban J connectivity index is 1.59. The minimum absolute atomic E-state index is 0.170. The number of benzene rings is 2. The number of rotatable bonds is 8. The van der Waals surface area contributed by atoms with Crippen LogP contribution >= 0.6 is 0 Å². The summed E-state index contributed by atoms with van der Waals surface area (Å²) >= 11 is 0. The van der Waals surface area contributed by atoms with Gasteiger partial charge >= 0.3 is 11.8 Å². The highest BCUT2D eigenvalue weighted by Crippen LogP contribution is 2.12. The summed E-state index contributed by atoms with van der Waals surface area (Å²) in [6.07, 6.45) is 2.82. The van der Waals surface area contributed by atoms with E-state index < -0.39 is 11.8 Å². The Hall–Kier alpha value is -2.62. The molecule has 0 bridgehead atoms. The van der Waals surface area contributed by atoms with Crippen LogP contribution in [-0.2, 0) is 16.0 Å². The molecule has 0 radical (unpaired) electrons. The molecule has 0 saturated heterocycles. The fraction of sp³-hybridized carbons (Fsp3) is 0.333. The molecule has 0 aromatic heterocycles. The van der Waals surface area contributed by atoms with Crippen LogP contribution in [-0.4, -0.2) is 24.9 Å². The van der Waals surface area contributed by atoms with Gasteiger partial charge < -0.3 is 10.6 Å². The molecule has 0 saturated carbocycles. The Labute approximate surface area is 149 Å². The molecule has 0 unspecified atom stereocenters. The highest BCUT2D eigenvalue weighted by atomic mass is 16.2. The topological polar surface area (TPSA) is 58.2 Å². The quantitative estimate of drug-likeness (QED) is 0.574. The smallest absolute Gasteiger partial charge is 0.309 e. The standard InChI is InChI=1S/C21H26N2O2/c1-17(19-13-6-3-7-14-19)16-23-21(25)20(24)22-15-9-8-12-18-10-4-2-5-11-18/h2-7,10-11,13-14,17H,8-9,12,15-16H2,1H3,(H,22,24)(H,23,25)/t17-/m0/s1. The Kier molecular flexibility index (Phi) is 7.70. The van der Waals surface area contributed by atoms with Crippen molar-refractivity contribution in [1.82, 2.24) is 10.6 Å². The molecule has 2 aromatic carbocycles. The van der Waals surface area contributed by atoms with Crippen molar-refractivity contribution in [3.8, 4) is 0 Å². The molecule has 2 aromatic rings. The summed E-state index contributed by atoms with van der Waals surface area (Å²) in [4.78, 5) is 23.6. The first-order chi connectivity index (χ1) is 12.2. The number of hydrogen-bond donors (Lipinski definition) is 2. The Bertz CT molecular complexity index is 656. The summed E-state index contributed by atoms with van der Waals surface area (Å²) in [5.41, 5.74) is 2.44. The molecule has 2 rings (SSSR count). The van der Waals surface area contributed by atoms with E-state index >= 15 is 0 Å². The van der Waals surface area contributed by atoms with Crippen LogP contribution in [0.1, 0.15) is 36.8 Å².